The summed E-state index contributed by atoms with van der Waals surface area (Å²) in [5, 5.41) is 1.27. The van der Waals surface area contributed by atoms with Crippen molar-refractivity contribution in [3.63, 3.8) is 0 Å². The molecule has 0 fully saturated rings. The molecular weight excluding hydrogens is 186 g/mol. The second-order valence-corrected chi connectivity index (χ2v) is 3.68. The Balaban J connectivity index is 2.38. The number of aromatic nitrogens is 1. The number of aromatic amines is 1. The van der Waals surface area contributed by atoms with Gasteiger partial charge in [0.2, 0.25) is 0 Å². The summed E-state index contributed by atoms with van der Waals surface area (Å²) in [7, 11) is 1.70. The number of benzene rings is 1. The van der Waals surface area contributed by atoms with Gasteiger partial charge >= 0.3 is 0 Å². The number of fused-ring (bicyclic) bond motifs is 1. The standard InChI is InChI=1S/C13H16NO/c1-3-4-5-10-9-14-13-7-6-11(15-2)8-12(10)13/h6-9,14H,1,3-5H2,2H3. The van der Waals surface area contributed by atoms with Crippen molar-refractivity contribution in [2.24, 2.45) is 0 Å². The van der Waals surface area contributed by atoms with E-state index < -0.39 is 0 Å². The molecule has 0 aliphatic carbocycles. The maximum atomic E-state index is 5.22. The Morgan fingerprint density at radius 3 is 3.00 bits per heavy atom. The zero-order chi connectivity index (χ0) is 10.7. The van der Waals surface area contributed by atoms with Gasteiger partial charge in [-0.1, -0.05) is 13.3 Å². The van der Waals surface area contributed by atoms with Crippen LogP contribution in [0.2, 0.25) is 0 Å². The molecule has 1 heterocycles. The smallest absolute Gasteiger partial charge is 0.119 e. The molecule has 15 heavy (non-hydrogen) atoms. The van der Waals surface area contributed by atoms with Crippen molar-refractivity contribution in [1.82, 2.24) is 4.98 Å². The van der Waals surface area contributed by atoms with Crippen LogP contribution in [-0.4, -0.2) is 12.1 Å². The largest absolute Gasteiger partial charge is 0.497 e. The summed E-state index contributed by atoms with van der Waals surface area (Å²) in [5.41, 5.74) is 2.53. The summed E-state index contributed by atoms with van der Waals surface area (Å²) in [6.07, 6.45) is 5.28. The van der Waals surface area contributed by atoms with Crippen molar-refractivity contribution in [2.45, 2.75) is 19.3 Å². The fourth-order valence-corrected chi connectivity index (χ4v) is 1.81. The molecular formula is C13H16NO. The van der Waals surface area contributed by atoms with Gasteiger partial charge in [0.05, 0.1) is 7.11 Å². The molecule has 0 amide bonds. The fraction of sp³-hybridized carbons (Fsp3) is 0.308. The molecule has 0 aliphatic rings. The van der Waals surface area contributed by atoms with Gasteiger partial charge < -0.3 is 9.72 Å². The zero-order valence-electron chi connectivity index (χ0n) is 9.05. The lowest BCUT2D eigenvalue weighted by atomic mass is 10.1. The lowest BCUT2D eigenvalue weighted by Gasteiger charge is -2.01. The second kappa shape index (κ2) is 4.39. The number of nitrogens with one attached hydrogen (secondary N) is 1. The highest BCUT2D eigenvalue weighted by molar-refractivity contribution is 5.84. The van der Waals surface area contributed by atoms with Crippen molar-refractivity contribution < 1.29 is 4.74 Å². The van der Waals surface area contributed by atoms with Crippen LogP contribution in [0.15, 0.2) is 24.4 Å². The Morgan fingerprint density at radius 1 is 1.40 bits per heavy atom. The molecule has 0 bridgehead atoms. The summed E-state index contributed by atoms with van der Waals surface area (Å²) in [6.45, 7) is 3.86. The Labute approximate surface area is 90.3 Å². The van der Waals surface area contributed by atoms with Crippen molar-refractivity contribution in [2.75, 3.05) is 7.11 Å². The van der Waals surface area contributed by atoms with Crippen LogP contribution in [0, 0.1) is 6.92 Å². The van der Waals surface area contributed by atoms with Gasteiger partial charge in [0, 0.05) is 17.1 Å². The zero-order valence-corrected chi connectivity index (χ0v) is 9.05. The third-order valence-electron chi connectivity index (χ3n) is 2.67. The molecule has 0 aliphatic heterocycles. The monoisotopic (exact) mass is 202 g/mol. The summed E-state index contributed by atoms with van der Waals surface area (Å²) < 4.78 is 5.22. The molecule has 1 N–H and O–H groups in total. The van der Waals surface area contributed by atoms with Crippen molar-refractivity contribution in [3.05, 3.63) is 36.9 Å². The minimum absolute atomic E-state index is 0.915. The average molecular weight is 202 g/mol. The molecule has 2 aromatic rings. The number of ether oxygens (including phenoxy) is 1. The molecule has 0 atom stereocenters. The van der Waals surface area contributed by atoms with Crippen LogP contribution in [0.3, 0.4) is 0 Å². The number of rotatable bonds is 4. The van der Waals surface area contributed by atoms with Gasteiger partial charge in [0.1, 0.15) is 5.75 Å². The van der Waals surface area contributed by atoms with Crippen molar-refractivity contribution in [1.29, 1.82) is 0 Å². The van der Waals surface area contributed by atoms with E-state index in [1.54, 1.807) is 7.11 Å². The van der Waals surface area contributed by atoms with E-state index in [0.717, 1.165) is 25.0 Å². The summed E-state index contributed by atoms with van der Waals surface area (Å²) in [4.78, 5) is 3.27. The highest BCUT2D eigenvalue weighted by Crippen LogP contribution is 2.24. The van der Waals surface area contributed by atoms with Crippen molar-refractivity contribution >= 4 is 10.9 Å². The molecule has 0 unspecified atom stereocenters. The van der Waals surface area contributed by atoms with Crippen LogP contribution in [0.4, 0.5) is 0 Å². The number of hydrogen-bond donors (Lipinski definition) is 1. The first-order chi connectivity index (χ1) is 7.35. The highest BCUT2D eigenvalue weighted by atomic mass is 16.5. The van der Waals surface area contributed by atoms with Gasteiger partial charge in [0.25, 0.3) is 0 Å². The Kier molecular flexibility index (Phi) is 2.95. The van der Waals surface area contributed by atoms with Crippen LogP contribution in [0.1, 0.15) is 18.4 Å². The van der Waals surface area contributed by atoms with Gasteiger partial charge in [-0.2, -0.15) is 0 Å². The predicted molar refractivity (Wildman–Crippen MR) is 63.1 cm³/mol. The highest BCUT2D eigenvalue weighted by Gasteiger charge is 2.04. The molecule has 0 saturated carbocycles. The van der Waals surface area contributed by atoms with Crippen LogP contribution < -0.4 is 4.74 Å². The van der Waals surface area contributed by atoms with Gasteiger partial charge in [0.15, 0.2) is 0 Å². The Bertz CT molecular complexity index is 445. The third-order valence-corrected chi connectivity index (χ3v) is 2.67. The van der Waals surface area contributed by atoms with Gasteiger partial charge in [-0.25, -0.2) is 0 Å². The van der Waals surface area contributed by atoms with E-state index in [0.29, 0.717) is 0 Å². The van der Waals surface area contributed by atoms with Crippen LogP contribution in [0.5, 0.6) is 5.75 Å². The van der Waals surface area contributed by atoms with Gasteiger partial charge in [-0.15, -0.1) is 0 Å². The first-order valence-electron chi connectivity index (χ1n) is 5.28. The third kappa shape index (κ3) is 1.99. The summed E-state index contributed by atoms with van der Waals surface area (Å²) >= 11 is 0. The fourth-order valence-electron chi connectivity index (χ4n) is 1.81. The molecule has 2 heteroatoms. The van der Waals surface area contributed by atoms with E-state index >= 15 is 0 Å². The summed E-state index contributed by atoms with van der Waals surface area (Å²) in [5.74, 6) is 0.915. The van der Waals surface area contributed by atoms with Crippen LogP contribution in [-0.2, 0) is 6.42 Å². The normalized spacial score (nSPS) is 10.8. The number of hydrogen-bond acceptors (Lipinski definition) is 1. The van der Waals surface area contributed by atoms with E-state index in [2.05, 4.69) is 30.2 Å². The minimum atomic E-state index is 0.915. The van der Waals surface area contributed by atoms with E-state index in [1.807, 2.05) is 6.07 Å². The topological polar surface area (TPSA) is 25.0 Å². The van der Waals surface area contributed by atoms with Crippen LogP contribution >= 0.6 is 0 Å². The predicted octanol–water partition coefficient (Wildman–Crippen LogP) is 3.33. The van der Waals surface area contributed by atoms with E-state index in [9.17, 15) is 0 Å². The Morgan fingerprint density at radius 2 is 2.27 bits per heavy atom. The van der Waals surface area contributed by atoms with Gasteiger partial charge in [-0.3, -0.25) is 0 Å². The first kappa shape index (κ1) is 10.1. The minimum Gasteiger partial charge on any atom is -0.497 e. The molecule has 0 saturated heterocycles. The number of H-pyrrole nitrogens is 1. The van der Waals surface area contributed by atoms with E-state index in [-0.39, 0.29) is 0 Å². The first-order valence-corrected chi connectivity index (χ1v) is 5.28. The molecule has 2 rings (SSSR count). The van der Waals surface area contributed by atoms with Crippen LogP contribution in [0.25, 0.3) is 10.9 Å². The summed E-state index contributed by atoms with van der Waals surface area (Å²) in [6, 6.07) is 6.12. The molecule has 1 aromatic heterocycles. The molecule has 79 valence electrons. The maximum Gasteiger partial charge on any atom is 0.119 e. The average Bonchev–Trinajstić information content (AvgIpc) is 2.68. The SMILES string of the molecule is [CH2]CCCc1c[nH]c2ccc(OC)cc12. The number of aryl methyl sites for hydroxylation is 1. The number of methoxy groups -OCH3 is 1. The lowest BCUT2D eigenvalue weighted by molar-refractivity contribution is 0.415. The van der Waals surface area contributed by atoms with Crippen molar-refractivity contribution in [3.8, 4) is 5.75 Å². The molecule has 1 radical (unpaired) electrons. The maximum absolute atomic E-state index is 5.22. The van der Waals surface area contributed by atoms with E-state index in [1.165, 1.54) is 16.5 Å². The molecule has 2 nitrogen and oxygen atoms in total. The molecule has 1 aromatic carbocycles. The van der Waals surface area contributed by atoms with E-state index in [4.69, 9.17) is 4.74 Å². The Hall–Kier alpha value is -1.44. The quantitative estimate of drug-likeness (QED) is 0.808. The lowest BCUT2D eigenvalue weighted by Crippen LogP contribution is -1.84. The molecule has 0 spiro atoms. The number of unbranched alkanes of at least 4 members (excludes halogenated alkanes) is 1. The van der Waals surface area contributed by atoms with Gasteiger partial charge in [-0.05, 0) is 36.6 Å². The second-order valence-electron chi connectivity index (χ2n) is 3.68.